The number of amides is 2. The Morgan fingerprint density at radius 2 is 1.84 bits per heavy atom. The quantitative estimate of drug-likeness (QED) is 0.562. The van der Waals surface area contributed by atoms with Crippen molar-refractivity contribution in [2.45, 2.75) is 61.8 Å². The number of ketones is 1. The van der Waals surface area contributed by atoms with Gasteiger partial charge in [-0.15, -0.1) is 22.9 Å². The van der Waals surface area contributed by atoms with Crippen molar-refractivity contribution in [3.8, 4) is 10.4 Å². The first-order chi connectivity index (χ1) is 17.6. The summed E-state index contributed by atoms with van der Waals surface area (Å²) in [5, 5.41) is 2.35. The molecule has 1 saturated carbocycles. The van der Waals surface area contributed by atoms with Crippen molar-refractivity contribution in [2.75, 3.05) is 13.2 Å². The maximum atomic E-state index is 13.7. The van der Waals surface area contributed by atoms with Crippen LogP contribution in [0.1, 0.15) is 47.7 Å². The molecule has 3 fully saturated rings. The first-order valence-corrected chi connectivity index (χ1v) is 13.1. The molecule has 0 bridgehead atoms. The van der Waals surface area contributed by atoms with Crippen LogP contribution in [0.4, 0.5) is 13.2 Å². The zero-order chi connectivity index (χ0) is 26.3. The summed E-state index contributed by atoms with van der Waals surface area (Å²) < 4.78 is 43.7. The van der Waals surface area contributed by atoms with E-state index < -0.39 is 41.5 Å². The normalized spacial score (nSPS) is 25.2. The van der Waals surface area contributed by atoms with Crippen LogP contribution in [0.3, 0.4) is 0 Å². The summed E-state index contributed by atoms with van der Waals surface area (Å²) in [6.45, 7) is 0.0498. The zero-order valence-electron chi connectivity index (χ0n) is 19.4. The highest BCUT2D eigenvalue weighted by molar-refractivity contribution is 7.16. The summed E-state index contributed by atoms with van der Waals surface area (Å²) in [6, 6.07) is -1.63. The van der Waals surface area contributed by atoms with Crippen molar-refractivity contribution in [3.05, 3.63) is 29.4 Å². The fourth-order valence-electron chi connectivity index (χ4n) is 5.17. The molecule has 0 radical (unpaired) electrons. The Bertz CT molecular complexity index is 1190. The van der Waals surface area contributed by atoms with Gasteiger partial charge in [0, 0.05) is 30.7 Å². The van der Waals surface area contributed by atoms with Gasteiger partial charge in [0.05, 0.1) is 10.3 Å². The van der Waals surface area contributed by atoms with Crippen LogP contribution in [-0.2, 0) is 20.5 Å². The number of thiazole rings is 1. The van der Waals surface area contributed by atoms with Gasteiger partial charge in [0.15, 0.2) is 10.8 Å². The summed E-state index contributed by atoms with van der Waals surface area (Å²) in [5.41, 5.74) is 0.278. The van der Waals surface area contributed by atoms with Crippen molar-refractivity contribution >= 4 is 40.5 Å². The number of likely N-dealkylation sites (tertiary alicyclic amines) is 1. The molecule has 2 aliphatic heterocycles. The van der Waals surface area contributed by atoms with Crippen molar-refractivity contribution < 1.29 is 32.3 Å². The Labute approximate surface area is 218 Å². The monoisotopic (exact) mass is 557 g/mol. The number of carbonyl (C=O) groups is 3. The standard InChI is InChI=1S/C23H23ClF3N5O4S/c24-13-9-32(17-14(33)10-36-18(13)17)21(35)16(11-4-2-1-3-5-11)31-19(34)20-28-8-15(37-20)12-6-29-22(30-7-12)23(25,26)27/h6-8,11,13,16-18H,1-5,9-10H2,(H,31,34)/t13-,16-,17+,18+/m0/s1. The lowest BCUT2D eigenvalue weighted by molar-refractivity contribution is -0.145. The molecule has 4 heterocycles. The number of hydrogen-bond donors (Lipinski definition) is 1. The predicted octanol–water partition coefficient (Wildman–Crippen LogP) is 3.08. The van der Waals surface area contributed by atoms with Gasteiger partial charge >= 0.3 is 6.18 Å². The van der Waals surface area contributed by atoms with Crippen LogP contribution in [0.25, 0.3) is 10.4 Å². The van der Waals surface area contributed by atoms with Crippen LogP contribution < -0.4 is 5.32 Å². The molecule has 9 nitrogen and oxygen atoms in total. The molecule has 37 heavy (non-hydrogen) atoms. The van der Waals surface area contributed by atoms with E-state index in [1.165, 1.54) is 11.1 Å². The number of alkyl halides is 4. The number of carbonyl (C=O) groups excluding carboxylic acids is 3. The van der Waals surface area contributed by atoms with Gasteiger partial charge in [-0.05, 0) is 18.8 Å². The number of fused-ring (bicyclic) bond motifs is 1. The second kappa shape index (κ2) is 10.3. The molecule has 14 heteroatoms. The van der Waals surface area contributed by atoms with Gasteiger partial charge in [-0.3, -0.25) is 14.4 Å². The molecule has 0 aromatic carbocycles. The van der Waals surface area contributed by atoms with E-state index in [2.05, 4.69) is 20.3 Å². The van der Waals surface area contributed by atoms with E-state index in [0.717, 1.165) is 55.8 Å². The minimum atomic E-state index is -4.66. The van der Waals surface area contributed by atoms with Crippen molar-refractivity contribution in [3.63, 3.8) is 0 Å². The number of halogens is 4. The molecule has 2 saturated heterocycles. The molecule has 4 atom stereocenters. The number of Topliss-reactive ketones (excluding diaryl/α,β-unsaturated/α-hetero) is 1. The van der Waals surface area contributed by atoms with Crippen molar-refractivity contribution in [2.24, 2.45) is 5.92 Å². The Hall–Kier alpha value is -2.64. The van der Waals surface area contributed by atoms with E-state index in [0.29, 0.717) is 4.88 Å². The third-order valence-corrected chi connectivity index (χ3v) is 8.40. The third kappa shape index (κ3) is 5.21. The number of aromatic nitrogens is 3. The second-order valence-corrected chi connectivity index (χ2v) is 11.0. The fraction of sp³-hybridized carbons (Fsp3) is 0.565. The van der Waals surface area contributed by atoms with Gasteiger partial charge in [0.1, 0.15) is 24.8 Å². The first-order valence-electron chi connectivity index (χ1n) is 11.9. The summed E-state index contributed by atoms with van der Waals surface area (Å²) >= 11 is 7.32. The average Bonchev–Trinajstić information content (AvgIpc) is 3.60. The molecule has 198 valence electrons. The smallest absolute Gasteiger partial charge is 0.366 e. The van der Waals surface area contributed by atoms with E-state index in [1.54, 1.807) is 0 Å². The van der Waals surface area contributed by atoms with Crippen molar-refractivity contribution in [1.29, 1.82) is 0 Å². The highest BCUT2D eigenvalue weighted by atomic mass is 35.5. The molecule has 0 unspecified atom stereocenters. The van der Waals surface area contributed by atoms with Gasteiger partial charge in [0.25, 0.3) is 5.91 Å². The summed E-state index contributed by atoms with van der Waals surface area (Å²) in [6.07, 6.45) is 2.55. The van der Waals surface area contributed by atoms with Gasteiger partial charge in [-0.1, -0.05) is 19.3 Å². The van der Waals surface area contributed by atoms with Crippen LogP contribution >= 0.6 is 22.9 Å². The second-order valence-electron chi connectivity index (χ2n) is 9.37. The van der Waals surface area contributed by atoms with E-state index in [9.17, 15) is 27.6 Å². The van der Waals surface area contributed by atoms with Crippen LogP contribution in [-0.4, -0.2) is 74.2 Å². The third-order valence-electron chi connectivity index (χ3n) is 6.97. The highest BCUT2D eigenvalue weighted by Gasteiger charge is 2.53. The molecule has 1 N–H and O–H groups in total. The lowest BCUT2D eigenvalue weighted by Gasteiger charge is -2.34. The maximum Gasteiger partial charge on any atom is 0.451 e. The van der Waals surface area contributed by atoms with E-state index in [1.807, 2.05) is 0 Å². The van der Waals surface area contributed by atoms with Crippen LogP contribution in [0.15, 0.2) is 18.6 Å². The Morgan fingerprint density at radius 1 is 1.14 bits per heavy atom. The topological polar surface area (TPSA) is 114 Å². The predicted molar refractivity (Wildman–Crippen MR) is 126 cm³/mol. The molecular weight excluding hydrogens is 535 g/mol. The molecule has 5 rings (SSSR count). The van der Waals surface area contributed by atoms with Gasteiger partial charge < -0.3 is 15.0 Å². The molecule has 2 aromatic heterocycles. The van der Waals surface area contributed by atoms with Crippen LogP contribution in [0, 0.1) is 5.92 Å². The minimum Gasteiger partial charge on any atom is -0.366 e. The number of ether oxygens (including phenoxy) is 1. The summed E-state index contributed by atoms with van der Waals surface area (Å²) in [5.74, 6) is -2.54. The van der Waals surface area contributed by atoms with E-state index in [-0.39, 0.29) is 41.3 Å². The summed E-state index contributed by atoms with van der Waals surface area (Å²) in [7, 11) is 0. The molecule has 2 amide bonds. The lowest BCUT2D eigenvalue weighted by Crippen LogP contribution is -2.55. The molecule has 1 aliphatic carbocycles. The van der Waals surface area contributed by atoms with Crippen molar-refractivity contribution in [1.82, 2.24) is 25.2 Å². The number of hydrogen-bond acceptors (Lipinski definition) is 8. The van der Waals surface area contributed by atoms with Gasteiger partial charge in [-0.2, -0.15) is 13.2 Å². The average molecular weight is 558 g/mol. The number of rotatable bonds is 5. The Kier molecular flexibility index (Phi) is 7.20. The first kappa shape index (κ1) is 26.0. The zero-order valence-corrected chi connectivity index (χ0v) is 21.0. The van der Waals surface area contributed by atoms with E-state index in [4.69, 9.17) is 16.3 Å². The number of nitrogens with zero attached hydrogens (tertiary/aromatic N) is 4. The lowest BCUT2D eigenvalue weighted by atomic mass is 9.83. The van der Waals surface area contributed by atoms with Gasteiger partial charge in [-0.25, -0.2) is 15.0 Å². The molecule has 3 aliphatic rings. The molecular formula is C23H23ClF3N5O4S. The molecule has 2 aromatic rings. The Morgan fingerprint density at radius 3 is 2.51 bits per heavy atom. The SMILES string of the molecule is O=C(N[C@H](C(=O)N1C[C@H](Cl)[C@H]2OCC(=O)[C@H]21)C1CCCCC1)c1ncc(-c2cnc(C(F)(F)F)nc2)s1. The van der Waals surface area contributed by atoms with Crippen LogP contribution in [0.5, 0.6) is 0 Å². The maximum absolute atomic E-state index is 13.7. The summed E-state index contributed by atoms with van der Waals surface area (Å²) in [4.78, 5) is 51.9. The number of nitrogens with one attached hydrogen (secondary N) is 1. The Balaban J connectivity index is 1.34. The van der Waals surface area contributed by atoms with Crippen LogP contribution in [0.2, 0.25) is 0 Å². The fourth-order valence-corrected chi connectivity index (χ4v) is 6.32. The molecule has 0 spiro atoms. The largest absolute Gasteiger partial charge is 0.451 e. The highest BCUT2D eigenvalue weighted by Crippen LogP contribution is 2.34. The minimum absolute atomic E-state index is 0.0401. The van der Waals surface area contributed by atoms with E-state index >= 15 is 0 Å². The van der Waals surface area contributed by atoms with Gasteiger partial charge in [0.2, 0.25) is 11.7 Å².